The Kier molecular flexibility index (Phi) is 9.40. The molecular weight excluding hydrogens is 255 g/mol. The summed E-state index contributed by atoms with van der Waals surface area (Å²) in [6, 6.07) is 0. The van der Waals surface area contributed by atoms with Gasteiger partial charge in [0.2, 0.25) is 0 Å². The minimum atomic E-state index is -1.39. The molecule has 0 aliphatic carbocycles. The van der Waals surface area contributed by atoms with Crippen molar-refractivity contribution in [2.45, 2.75) is 27.7 Å². The van der Waals surface area contributed by atoms with Crippen LogP contribution in [-0.4, -0.2) is 12.3 Å². The summed E-state index contributed by atoms with van der Waals surface area (Å²) >= 11 is 10.8. The molecule has 0 aromatic heterocycles. The maximum atomic E-state index is 5.42. The van der Waals surface area contributed by atoms with E-state index in [1.54, 1.807) is 0 Å². The molecule has 0 aromatic carbocycles. The Bertz CT molecular complexity index is 104. The first-order chi connectivity index (χ1) is 4.83. The van der Waals surface area contributed by atoms with Gasteiger partial charge in [0, 0.05) is 12.3 Å². The van der Waals surface area contributed by atoms with Gasteiger partial charge in [-0.1, -0.05) is 27.7 Å². The summed E-state index contributed by atoms with van der Waals surface area (Å²) in [4.78, 5) is 0. The van der Waals surface area contributed by atoms with Crippen LogP contribution in [0.15, 0.2) is 0 Å². The van der Waals surface area contributed by atoms with Gasteiger partial charge in [-0.15, -0.1) is 0 Å². The van der Waals surface area contributed by atoms with Crippen LogP contribution in [0.3, 0.4) is 0 Å². The molecule has 0 aliphatic rings. The Hall–Kier alpha value is 1.65. The van der Waals surface area contributed by atoms with Crippen LogP contribution >= 0.6 is 5.67 Å². The maximum Gasteiger partial charge on any atom is 1.00 e. The monoisotopic (exact) mass is 272 g/mol. The van der Waals surface area contributed by atoms with Gasteiger partial charge in [0.15, 0.2) is 0 Å². The van der Waals surface area contributed by atoms with Crippen LogP contribution < -0.4 is 0 Å². The third kappa shape index (κ3) is 9.74. The minimum Gasteiger partial charge on any atom is -0.579 e. The van der Waals surface area contributed by atoms with Crippen LogP contribution in [0.4, 0.5) is 0 Å². The van der Waals surface area contributed by atoms with E-state index in [1.165, 1.54) is 0 Å². The van der Waals surface area contributed by atoms with E-state index in [9.17, 15) is 0 Å². The zero-order valence-corrected chi connectivity index (χ0v) is 11.6. The molecule has 12 heavy (non-hydrogen) atoms. The summed E-state index contributed by atoms with van der Waals surface area (Å²) in [6.07, 6.45) is 2.19. The molecule has 0 unspecified atom stereocenters. The maximum absolute atomic E-state index is 5.42. The van der Waals surface area contributed by atoms with Gasteiger partial charge in [0.05, 0.1) is 0 Å². The largest absolute Gasteiger partial charge is 1.00 e. The minimum absolute atomic E-state index is 0. The molecule has 0 saturated carbocycles. The van der Waals surface area contributed by atoms with Crippen molar-refractivity contribution in [1.29, 1.82) is 0 Å². The molecule has 0 aliphatic heterocycles. The average molecular weight is 273 g/mol. The Morgan fingerprint density at radius 1 is 0.917 bits per heavy atom. The van der Waals surface area contributed by atoms with Gasteiger partial charge in [0.1, 0.15) is 0 Å². The first-order valence-electron chi connectivity index (χ1n) is 4.12. The molecule has 0 bridgehead atoms. The molecule has 0 radical (unpaired) electrons. The summed E-state index contributed by atoms with van der Waals surface area (Å²) in [5.74, 6) is 1.36. The fourth-order valence-electron chi connectivity index (χ4n) is 1.19. The van der Waals surface area contributed by atoms with Gasteiger partial charge < -0.3 is 24.5 Å². The summed E-state index contributed by atoms with van der Waals surface area (Å²) < 4.78 is 0. The van der Waals surface area contributed by atoms with E-state index in [4.69, 9.17) is 24.5 Å². The molecule has 4 heteroatoms. The molecule has 0 atom stereocenters. The predicted molar refractivity (Wildman–Crippen MR) is 61.1 cm³/mol. The molecule has 0 N–H and O–H groups in total. The van der Waals surface area contributed by atoms with Crippen LogP contribution in [0, 0.1) is 11.8 Å². The zero-order valence-electron chi connectivity index (χ0n) is 8.13. The normalized spacial score (nSPS) is 12.0. The molecule has 0 aromatic rings. The van der Waals surface area contributed by atoms with Crippen molar-refractivity contribution in [3.8, 4) is 0 Å². The van der Waals surface area contributed by atoms with Crippen LogP contribution in [0.5, 0.6) is 0 Å². The van der Waals surface area contributed by atoms with Gasteiger partial charge in [-0.25, -0.2) is 5.67 Å². The van der Waals surface area contributed by atoms with Crippen LogP contribution in [-0.2, 0) is 41.6 Å². The van der Waals surface area contributed by atoms with Crippen molar-refractivity contribution in [1.82, 2.24) is 0 Å². The Morgan fingerprint density at radius 2 is 1.17 bits per heavy atom. The van der Waals surface area contributed by atoms with E-state index in [1.807, 2.05) is 0 Å². The van der Waals surface area contributed by atoms with E-state index in [-0.39, 0.29) is 17.1 Å². The topological polar surface area (TPSA) is 0 Å². The third-order valence-corrected chi connectivity index (χ3v) is 5.65. The van der Waals surface area contributed by atoms with Crippen molar-refractivity contribution in [3.63, 3.8) is 0 Å². The predicted octanol–water partition coefficient (Wildman–Crippen LogP) is 3.24. The molecular formula is C8H18CuPS2. The Labute approximate surface area is 98.8 Å². The number of hydrogen-bond donors (Lipinski definition) is 0. The van der Waals surface area contributed by atoms with Crippen molar-refractivity contribution in [2.24, 2.45) is 11.8 Å². The Morgan fingerprint density at radius 3 is 1.33 bits per heavy atom. The number of hydrogen-bond acceptors (Lipinski definition) is 2. The molecule has 0 saturated heterocycles. The molecule has 0 spiro atoms. The second-order valence-corrected chi connectivity index (χ2v) is 11.2. The zero-order chi connectivity index (χ0) is 9.07. The van der Waals surface area contributed by atoms with Crippen LogP contribution in [0.2, 0.25) is 0 Å². The van der Waals surface area contributed by atoms with Gasteiger partial charge in [0.25, 0.3) is 0 Å². The summed E-state index contributed by atoms with van der Waals surface area (Å²) in [5, 5.41) is 0. The SMILES string of the molecule is CC(C)C[P+]([S-])([S-])CC(C)C.[Cu+]. The van der Waals surface area contributed by atoms with E-state index >= 15 is 0 Å². The van der Waals surface area contributed by atoms with Crippen molar-refractivity contribution < 1.29 is 17.1 Å². The van der Waals surface area contributed by atoms with Crippen LogP contribution in [0.1, 0.15) is 27.7 Å². The molecule has 0 amide bonds. The quantitative estimate of drug-likeness (QED) is 0.438. The summed E-state index contributed by atoms with van der Waals surface area (Å²) in [6.45, 7) is 8.81. The fraction of sp³-hybridized carbons (Fsp3) is 1.00. The van der Waals surface area contributed by atoms with E-state index in [2.05, 4.69) is 27.7 Å². The van der Waals surface area contributed by atoms with E-state index in [0.717, 1.165) is 12.3 Å². The smallest absolute Gasteiger partial charge is 0.579 e. The standard InChI is InChI=1S/C8H19PS2.Cu/c1-7(2)5-9(10,11)6-8(3)4;/h7-8H,5-6H2,1-4H3,(H,10,11);/q;+1/p-1. The fourth-order valence-corrected chi connectivity index (χ4v) is 7.14. The molecule has 0 heterocycles. The second kappa shape index (κ2) is 7.01. The van der Waals surface area contributed by atoms with Crippen molar-refractivity contribution in [3.05, 3.63) is 0 Å². The molecule has 0 rings (SSSR count). The van der Waals surface area contributed by atoms with Crippen LogP contribution in [0.25, 0.3) is 0 Å². The Balaban J connectivity index is 0. The van der Waals surface area contributed by atoms with Gasteiger partial charge in [-0.3, -0.25) is 0 Å². The average Bonchev–Trinajstić information content (AvgIpc) is 1.53. The van der Waals surface area contributed by atoms with Gasteiger partial charge in [-0.2, -0.15) is 0 Å². The molecule has 0 nitrogen and oxygen atoms in total. The van der Waals surface area contributed by atoms with Crippen molar-refractivity contribution in [2.75, 3.05) is 12.3 Å². The molecule has 78 valence electrons. The van der Waals surface area contributed by atoms with E-state index in [0.29, 0.717) is 11.8 Å². The molecule has 0 fully saturated rings. The second-order valence-electron chi connectivity index (χ2n) is 3.97. The first-order valence-corrected chi connectivity index (χ1v) is 8.31. The summed E-state index contributed by atoms with van der Waals surface area (Å²) in [5.41, 5.74) is -1.39. The van der Waals surface area contributed by atoms with E-state index < -0.39 is 5.67 Å². The summed E-state index contributed by atoms with van der Waals surface area (Å²) in [7, 11) is 0. The first kappa shape index (κ1) is 16.1. The number of rotatable bonds is 4. The van der Waals surface area contributed by atoms with Gasteiger partial charge >= 0.3 is 17.1 Å². The third-order valence-electron chi connectivity index (χ3n) is 1.29. The van der Waals surface area contributed by atoms with Crippen molar-refractivity contribution >= 4 is 30.2 Å². The van der Waals surface area contributed by atoms with Gasteiger partial charge in [-0.05, 0) is 11.8 Å².